The van der Waals surface area contributed by atoms with E-state index >= 15 is 0 Å². The predicted molar refractivity (Wildman–Crippen MR) is 93.9 cm³/mol. The summed E-state index contributed by atoms with van der Waals surface area (Å²) >= 11 is 0. The Morgan fingerprint density at radius 2 is 2.12 bits per heavy atom. The Morgan fingerprint density at radius 1 is 1.32 bits per heavy atom. The van der Waals surface area contributed by atoms with Gasteiger partial charge in [-0.15, -0.1) is 0 Å². The average molecular weight is 344 g/mol. The van der Waals surface area contributed by atoms with Gasteiger partial charge in [0.1, 0.15) is 12.3 Å². The summed E-state index contributed by atoms with van der Waals surface area (Å²) in [6.07, 6.45) is 2.51. The number of hydrogen-bond donors (Lipinski definition) is 0. The quantitative estimate of drug-likeness (QED) is 0.786. The van der Waals surface area contributed by atoms with E-state index in [9.17, 15) is 14.4 Å². The average Bonchev–Trinajstić information content (AvgIpc) is 2.62. The number of carbonyl (C=O) groups excluding carboxylic acids is 3. The highest BCUT2D eigenvalue weighted by molar-refractivity contribution is 6.04. The number of ketones is 1. The van der Waals surface area contributed by atoms with Crippen LogP contribution in [-0.2, 0) is 9.59 Å². The Balaban J connectivity index is 1.83. The van der Waals surface area contributed by atoms with E-state index in [0.29, 0.717) is 29.3 Å². The first-order chi connectivity index (χ1) is 12.0. The minimum Gasteiger partial charge on any atom is -0.482 e. The van der Waals surface area contributed by atoms with Gasteiger partial charge in [-0.1, -0.05) is 13.8 Å². The number of piperidine rings is 1. The van der Waals surface area contributed by atoms with Crippen LogP contribution in [0.5, 0.6) is 5.75 Å². The van der Waals surface area contributed by atoms with Gasteiger partial charge in [0.15, 0.2) is 12.4 Å². The van der Waals surface area contributed by atoms with Crippen molar-refractivity contribution in [2.24, 2.45) is 5.92 Å². The molecule has 1 fully saturated rings. The molecule has 1 saturated heterocycles. The topological polar surface area (TPSA) is 66.9 Å². The maximum absolute atomic E-state index is 12.7. The first-order valence-corrected chi connectivity index (χ1v) is 8.87. The highest BCUT2D eigenvalue weighted by Crippen LogP contribution is 2.33. The molecule has 0 saturated carbocycles. The molecule has 1 unspecified atom stereocenters. The summed E-state index contributed by atoms with van der Waals surface area (Å²) in [5, 5.41) is 0. The van der Waals surface area contributed by atoms with Crippen LogP contribution in [0.4, 0.5) is 5.69 Å². The van der Waals surface area contributed by atoms with Gasteiger partial charge in [-0.2, -0.15) is 0 Å². The minimum atomic E-state index is -0.257. The summed E-state index contributed by atoms with van der Waals surface area (Å²) in [6.45, 7) is 5.31. The van der Waals surface area contributed by atoms with Crippen LogP contribution in [0.1, 0.15) is 43.5 Å². The number of ether oxygens (including phenoxy) is 1. The van der Waals surface area contributed by atoms with Crippen LogP contribution >= 0.6 is 0 Å². The zero-order valence-corrected chi connectivity index (χ0v) is 14.8. The van der Waals surface area contributed by atoms with E-state index in [1.807, 2.05) is 4.90 Å². The van der Waals surface area contributed by atoms with E-state index in [0.717, 1.165) is 25.9 Å². The number of hydrogen-bond acceptors (Lipinski definition) is 4. The lowest BCUT2D eigenvalue weighted by molar-refractivity contribution is -0.133. The Bertz CT molecular complexity index is 701. The van der Waals surface area contributed by atoms with Crippen molar-refractivity contribution in [3.63, 3.8) is 0 Å². The second kappa shape index (κ2) is 7.25. The molecule has 2 aliphatic rings. The Labute approximate surface area is 147 Å². The van der Waals surface area contributed by atoms with Crippen LogP contribution in [0.2, 0.25) is 0 Å². The zero-order valence-electron chi connectivity index (χ0n) is 14.8. The highest BCUT2D eigenvalue weighted by atomic mass is 16.5. The molecule has 2 amide bonds. The van der Waals surface area contributed by atoms with Crippen molar-refractivity contribution in [3.8, 4) is 5.75 Å². The number of amides is 2. The molecule has 25 heavy (non-hydrogen) atoms. The molecule has 1 aromatic carbocycles. The maximum Gasteiger partial charge on any atom is 0.265 e. The van der Waals surface area contributed by atoms with Gasteiger partial charge >= 0.3 is 0 Å². The molecule has 0 N–H and O–H groups in total. The number of benzene rings is 1. The molecule has 3 rings (SSSR count). The number of Topliss-reactive ketones (excluding diaryl/α,β-unsaturated/α-hetero) is 1. The molecule has 6 heteroatoms. The van der Waals surface area contributed by atoms with Gasteiger partial charge in [-0.05, 0) is 37.0 Å². The Morgan fingerprint density at radius 3 is 2.84 bits per heavy atom. The monoisotopic (exact) mass is 344 g/mol. The molecule has 2 heterocycles. The van der Waals surface area contributed by atoms with Gasteiger partial charge in [0.2, 0.25) is 5.91 Å². The molecule has 0 aliphatic carbocycles. The minimum absolute atomic E-state index is 0.00282. The van der Waals surface area contributed by atoms with Gasteiger partial charge in [0.25, 0.3) is 5.91 Å². The van der Waals surface area contributed by atoms with Gasteiger partial charge < -0.3 is 9.64 Å². The van der Waals surface area contributed by atoms with Crippen molar-refractivity contribution in [2.75, 3.05) is 31.1 Å². The van der Waals surface area contributed by atoms with Crippen LogP contribution < -0.4 is 9.64 Å². The van der Waals surface area contributed by atoms with Gasteiger partial charge in [-0.3, -0.25) is 19.3 Å². The summed E-state index contributed by atoms with van der Waals surface area (Å²) in [5.41, 5.74) is 1.04. The fourth-order valence-corrected chi connectivity index (χ4v) is 3.40. The fourth-order valence-electron chi connectivity index (χ4n) is 3.40. The first-order valence-electron chi connectivity index (χ1n) is 8.87. The van der Waals surface area contributed by atoms with Gasteiger partial charge in [-0.25, -0.2) is 0 Å². The maximum atomic E-state index is 12.7. The lowest BCUT2D eigenvalue weighted by atomic mass is 10.0. The van der Waals surface area contributed by atoms with Crippen LogP contribution in [0.25, 0.3) is 0 Å². The molecule has 134 valence electrons. The summed E-state index contributed by atoms with van der Waals surface area (Å²) in [6, 6.07) is 5.06. The lowest BCUT2D eigenvalue weighted by Gasteiger charge is -2.34. The summed E-state index contributed by atoms with van der Waals surface area (Å²) in [5.74, 6) is 0.704. The molecule has 1 aromatic rings. The molecule has 1 atom stereocenters. The number of rotatable bonds is 4. The molecular formula is C19H24N2O4. The lowest BCUT2D eigenvalue weighted by Crippen LogP contribution is -2.48. The smallest absolute Gasteiger partial charge is 0.265 e. The van der Waals surface area contributed by atoms with E-state index in [-0.39, 0.29) is 30.7 Å². The third-order valence-electron chi connectivity index (χ3n) is 4.85. The van der Waals surface area contributed by atoms with Crippen LogP contribution in [0.15, 0.2) is 18.2 Å². The summed E-state index contributed by atoms with van der Waals surface area (Å²) < 4.78 is 5.45. The molecular weight excluding hydrogens is 320 g/mol. The summed E-state index contributed by atoms with van der Waals surface area (Å²) in [7, 11) is 0. The van der Waals surface area contributed by atoms with Crippen LogP contribution in [-0.4, -0.2) is 48.7 Å². The second-order valence-electron chi connectivity index (χ2n) is 6.81. The number of carbonyl (C=O) groups is 3. The van der Waals surface area contributed by atoms with Crippen molar-refractivity contribution in [1.82, 2.24) is 4.90 Å². The first kappa shape index (κ1) is 17.5. The third kappa shape index (κ3) is 3.67. The standard InChI is InChI=1S/C19H24N2O4/c1-3-16(22)14-6-7-17-15(9-14)21(19(24)12-25-17)11-18(23)20-8-4-5-13(2)10-20/h6-7,9,13H,3-5,8,10-12H2,1-2H3. The molecule has 0 bridgehead atoms. The van der Waals surface area contributed by atoms with E-state index < -0.39 is 0 Å². The molecule has 0 spiro atoms. The highest BCUT2D eigenvalue weighted by Gasteiger charge is 2.30. The van der Waals surface area contributed by atoms with Gasteiger partial charge in [0.05, 0.1) is 5.69 Å². The van der Waals surface area contributed by atoms with Crippen molar-refractivity contribution in [1.29, 1.82) is 0 Å². The number of nitrogens with zero attached hydrogens (tertiary/aromatic N) is 2. The third-order valence-corrected chi connectivity index (χ3v) is 4.85. The number of likely N-dealkylation sites (tertiary alicyclic amines) is 1. The van der Waals surface area contributed by atoms with E-state index in [1.54, 1.807) is 25.1 Å². The largest absolute Gasteiger partial charge is 0.482 e. The second-order valence-corrected chi connectivity index (χ2v) is 6.81. The fraction of sp³-hybridized carbons (Fsp3) is 0.526. The molecule has 0 aromatic heterocycles. The number of anilines is 1. The van der Waals surface area contributed by atoms with Crippen molar-refractivity contribution < 1.29 is 19.1 Å². The summed E-state index contributed by atoms with van der Waals surface area (Å²) in [4.78, 5) is 40.3. The molecule has 2 aliphatic heterocycles. The number of fused-ring (bicyclic) bond motifs is 1. The SMILES string of the molecule is CCC(=O)c1ccc2c(c1)N(CC(=O)N1CCCC(C)C1)C(=O)CO2. The molecule has 6 nitrogen and oxygen atoms in total. The zero-order chi connectivity index (χ0) is 18.0. The van der Waals surface area contributed by atoms with E-state index in [2.05, 4.69) is 6.92 Å². The van der Waals surface area contributed by atoms with Crippen LogP contribution in [0, 0.1) is 5.92 Å². The predicted octanol–water partition coefficient (Wildman–Crippen LogP) is 2.26. The van der Waals surface area contributed by atoms with Gasteiger partial charge in [0, 0.05) is 25.1 Å². The van der Waals surface area contributed by atoms with E-state index in [4.69, 9.17) is 4.74 Å². The molecule has 0 radical (unpaired) electrons. The normalized spacial score (nSPS) is 20.1. The Kier molecular flexibility index (Phi) is 5.06. The van der Waals surface area contributed by atoms with Crippen molar-refractivity contribution in [3.05, 3.63) is 23.8 Å². The van der Waals surface area contributed by atoms with Crippen molar-refractivity contribution in [2.45, 2.75) is 33.1 Å². The van der Waals surface area contributed by atoms with Crippen LogP contribution in [0.3, 0.4) is 0 Å². The van der Waals surface area contributed by atoms with Crippen molar-refractivity contribution >= 4 is 23.3 Å². The Hall–Kier alpha value is -2.37. The van der Waals surface area contributed by atoms with E-state index in [1.165, 1.54) is 4.90 Å².